The maximum Gasteiger partial charge on any atom is 0.322 e. The minimum Gasteiger partial charge on any atom is -0.497 e. The molecule has 0 fully saturated rings. The number of ether oxygens (including phenoxy) is 1. The second kappa shape index (κ2) is 6.08. The van der Waals surface area contributed by atoms with Gasteiger partial charge in [0.05, 0.1) is 7.11 Å². The van der Waals surface area contributed by atoms with Gasteiger partial charge in [0.1, 0.15) is 17.8 Å². The van der Waals surface area contributed by atoms with Crippen molar-refractivity contribution in [3.63, 3.8) is 0 Å². The van der Waals surface area contributed by atoms with Gasteiger partial charge >= 0.3 is 5.97 Å². The number of rotatable bonds is 6. The number of carboxylic acids is 1. The van der Waals surface area contributed by atoms with E-state index in [1.807, 2.05) is 0 Å². The third kappa shape index (κ3) is 4.50. The zero-order chi connectivity index (χ0) is 14.5. The fourth-order valence-electron chi connectivity index (χ4n) is 1.47. The number of carbonyl (C=O) groups excluding carboxylic acids is 1. The largest absolute Gasteiger partial charge is 0.497 e. The molecule has 0 saturated heterocycles. The zero-order valence-corrected chi connectivity index (χ0v) is 11.2. The van der Waals surface area contributed by atoms with E-state index in [-0.39, 0.29) is 5.91 Å². The zero-order valence-electron chi connectivity index (χ0n) is 11.2. The Bertz CT molecular complexity index is 454. The summed E-state index contributed by atoms with van der Waals surface area (Å²) in [5.74, 6) is -0.738. The molecule has 0 atom stereocenters. The topological polar surface area (TPSA) is 87.7 Å². The van der Waals surface area contributed by atoms with Gasteiger partial charge in [-0.3, -0.25) is 9.59 Å². The van der Waals surface area contributed by atoms with Gasteiger partial charge in [0.15, 0.2) is 0 Å². The van der Waals surface area contributed by atoms with Crippen LogP contribution < -0.4 is 15.4 Å². The Morgan fingerprint density at radius 3 is 2.32 bits per heavy atom. The third-order valence-electron chi connectivity index (χ3n) is 2.51. The first kappa shape index (κ1) is 14.8. The molecular weight excluding hydrogens is 248 g/mol. The number of aliphatic carboxylic acids is 1. The molecule has 1 aromatic carbocycles. The predicted molar refractivity (Wildman–Crippen MR) is 71.3 cm³/mol. The van der Waals surface area contributed by atoms with Gasteiger partial charge in [0, 0.05) is 5.69 Å². The summed E-state index contributed by atoms with van der Waals surface area (Å²) in [6, 6.07) is 7.11. The first-order valence-electron chi connectivity index (χ1n) is 5.77. The molecule has 1 amide bonds. The van der Waals surface area contributed by atoms with E-state index >= 15 is 0 Å². The second-order valence-corrected chi connectivity index (χ2v) is 4.55. The molecule has 0 radical (unpaired) electrons. The maximum absolute atomic E-state index is 11.8. The van der Waals surface area contributed by atoms with E-state index in [2.05, 4.69) is 10.6 Å². The van der Waals surface area contributed by atoms with Crippen LogP contribution in [0.4, 0.5) is 5.69 Å². The SMILES string of the molecule is COc1ccc(NC(C)(C)C(=O)NCC(=O)O)cc1. The van der Waals surface area contributed by atoms with Gasteiger partial charge in [-0.25, -0.2) is 0 Å². The number of carbonyl (C=O) groups is 2. The average Bonchev–Trinajstić information content (AvgIpc) is 2.36. The molecule has 0 aliphatic carbocycles. The predicted octanol–water partition coefficient (Wildman–Crippen LogP) is 1.09. The standard InChI is InChI=1S/C13H18N2O4/c1-13(2,12(18)14-8-11(16)17)15-9-4-6-10(19-3)7-5-9/h4-7,15H,8H2,1-3H3,(H,14,18)(H,16,17). The molecule has 0 aliphatic rings. The second-order valence-electron chi connectivity index (χ2n) is 4.55. The summed E-state index contributed by atoms with van der Waals surface area (Å²) in [6.45, 7) is 2.95. The molecular formula is C13H18N2O4. The summed E-state index contributed by atoms with van der Waals surface area (Å²) < 4.78 is 5.04. The quantitative estimate of drug-likeness (QED) is 0.717. The van der Waals surface area contributed by atoms with Gasteiger partial charge in [-0.05, 0) is 38.1 Å². The highest BCUT2D eigenvalue weighted by atomic mass is 16.5. The molecule has 6 nitrogen and oxygen atoms in total. The van der Waals surface area contributed by atoms with Crippen LogP contribution in [-0.2, 0) is 9.59 Å². The summed E-state index contributed by atoms with van der Waals surface area (Å²) in [7, 11) is 1.58. The van der Waals surface area contributed by atoms with Gasteiger partial charge < -0.3 is 20.5 Å². The van der Waals surface area contributed by atoms with Gasteiger partial charge in [-0.2, -0.15) is 0 Å². The number of nitrogens with one attached hydrogen (secondary N) is 2. The molecule has 6 heteroatoms. The lowest BCUT2D eigenvalue weighted by Crippen LogP contribution is -2.49. The highest BCUT2D eigenvalue weighted by molar-refractivity contribution is 5.90. The number of carboxylic acid groups (broad SMARTS) is 1. The first-order valence-corrected chi connectivity index (χ1v) is 5.77. The lowest BCUT2D eigenvalue weighted by molar-refractivity contribution is -0.138. The van der Waals surface area contributed by atoms with E-state index in [1.165, 1.54) is 0 Å². The number of benzene rings is 1. The number of anilines is 1. The van der Waals surface area contributed by atoms with Gasteiger partial charge in [-0.1, -0.05) is 0 Å². The van der Waals surface area contributed by atoms with Crippen molar-refractivity contribution in [1.29, 1.82) is 0 Å². The number of methoxy groups -OCH3 is 1. The van der Waals surface area contributed by atoms with Gasteiger partial charge in [-0.15, -0.1) is 0 Å². The van der Waals surface area contributed by atoms with Crippen LogP contribution in [0, 0.1) is 0 Å². The summed E-state index contributed by atoms with van der Waals surface area (Å²) in [6.07, 6.45) is 0. The van der Waals surface area contributed by atoms with E-state index < -0.39 is 18.1 Å². The molecule has 0 saturated carbocycles. The van der Waals surface area contributed by atoms with E-state index in [0.29, 0.717) is 0 Å². The van der Waals surface area contributed by atoms with E-state index in [4.69, 9.17) is 9.84 Å². The van der Waals surface area contributed by atoms with Crippen LogP contribution in [-0.4, -0.2) is 36.2 Å². The Morgan fingerprint density at radius 2 is 1.84 bits per heavy atom. The molecule has 104 valence electrons. The van der Waals surface area contributed by atoms with Crippen LogP contribution in [0.1, 0.15) is 13.8 Å². The van der Waals surface area contributed by atoms with Crippen molar-refractivity contribution in [2.45, 2.75) is 19.4 Å². The Balaban J connectivity index is 2.66. The van der Waals surface area contributed by atoms with Crippen LogP contribution in [0.5, 0.6) is 5.75 Å². The van der Waals surface area contributed by atoms with Gasteiger partial charge in [0.2, 0.25) is 5.91 Å². The number of amides is 1. The summed E-state index contributed by atoms with van der Waals surface area (Å²) in [5.41, 5.74) is -0.166. The third-order valence-corrected chi connectivity index (χ3v) is 2.51. The van der Waals surface area contributed by atoms with Crippen LogP contribution in [0.3, 0.4) is 0 Å². The van der Waals surface area contributed by atoms with E-state index in [0.717, 1.165) is 11.4 Å². The number of hydrogen-bond donors (Lipinski definition) is 3. The molecule has 1 rings (SSSR count). The molecule has 0 aliphatic heterocycles. The Kier molecular flexibility index (Phi) is 4.74. The maximum atomic E-state index is 11.8. The van der Waals surface area contributed by atoms with Crippen molar-refractivity contribution in [3.8, 4) is 5.75 Å². The fraction of sp³-hybridized carbons (Fsp3) is 0.385. The van der Waals surface area contributed by atoms with Crippen LogP contribution in [0.15, 0.2) is 24.3 Å². The average molecular weight is 266 g/mol. The Hall–Kier alpha value is -2.24. The normalized spacial score (nSPS) is 10.7. The summed E-state index contributed by atoms with van der Waals surface area (Å²) >= 11 is 0. The van der Waals surface area contributed by atoms with Crippen molar-refractivity contribution < 1.29 is 19.4 Å². The molecule has 0 bridgehead atoms. The van der Waals surface area contributed by atoms with Crippen LogP contribution in [0.25, 0.3) is 0 Å². The highest BCUT2D eigenvalue weighted by Crippen LogP contribution is 2.19. The molecule has 3 N–H and O–H groups in total. The minimum absolute atomic E-state index is 0.384. The van der Waals surface area contributed by atoms with Gasteiger partial charge in [0.25, 0.3) is 0 Å². The lowest BCUT2D eigenvalue weighted by atomic mass is 10.0. The van der Waals surface area contributed by atoms with Crippen molar-refractivity contribution >= 4 is 17.6 Å². The molecule has 0 aromatic heterocycles. The molecule has 0 heterocycles. The highest BCUT2D eigenvalue weighted by Gasteiger charge is 2.27. The van der Waals surface area contributed by atoms with Crippen LogP contribution in [0.2, 0.25) is 0 Å². The summed E-state index contributed by atoms with van der Waals surface area (Å²) in [5, 5.41) is 13.9. The Labute approximate surface area is 111 Å². The van der Waals surface area contributed by atoms with E-state index in [9.17, 15) is 9.59 Å². The molecule has 0 unspecified atom stereocenters. The first-order chi connectivity index (χ1) is 8.85. The molecule has 1 aromatic rings. The number of hydrogen-bond acceptors (Lipinski definition) is 4. The molecule has 19 heavy (non-hydrogen) atoms. The summed E-state index contributed by atoms with van der Waals surface area (Å²) in [4.78, 5) is 22.2. The van der Waals surface area contributed by atoms with Crippen molar-refractivity contribution in [2.24, 2.45) is 0 Å². The van der Waals surface area contributed by atoms with Crippen molar-refractivity contribution in [2.75, 3.05) is 19.0 Å². The van der Waals surface area contributed by atoms with E-state index in [1.54, 1.807) is 45.2 Å². The smallest absolute Gasteiger partial charge is 0.322 e. The minimum atomic E-state index is -1.08. The van der Waals surface area contributed by atoms with Crippen molar-refractivity contribution in [1.82, 2.24) is 5.32 Å². The lowest BCUT2D eigenvalue weighted by Gasteiger charge is -2.26. The van der Waals surface area contributed by atoms with Crippen LogP contribution >= 0.6 is 0 Å². The molecule has 0 spiro atoms. The fourth-order valence-corrected chi connectivity index (χ4v) is 1.47. The Morgan fingerprint density at radius 1 is 1.26 bits per heavy atom. The monoisotopic (exact) mass is 266 g/mol. The van der Waals surface area contributed by atoms with Crippen molar-refractivity contribution in [3.05, 3.63) is 24.3 Å².